The van der Waals surface area contributed by atoms with Gasteiger partial charge in [-0.15, -0.1) is 0 Å². The molecule has 0 spiro atoms. The fourth-order valence-corrected chi connectivity index (χ4v) is 2.78. The average Bonchev–Trinajstić information content (AvgIpc) is 2.57. The predicted octanol–water partition coefficient (Wildman–Crippen LogP) is 4.08. The van der Waals surface area contributed by atoms with Crippen LogP contribution in [0.4, 0.5) is 5.82 Å². The summed E-state index contributed by atoms with van der Waals surface area (Å²) in [6.45, 7) is 1.35. The summed E-state index contributed by atoms with van der Waals surface area (Å²) in [7, 11) is 1.70. The molecular formula is C18H18ClN3O. The molecule has 0 aliphatic carbocycles. The first kappa shape index (κ1) is 15.7. The second kappa shape index (κ2) is 7.40. The Kier molecular flexibility index (Phi) is 5.05. The zero-order valence-electron chi connectivity index (χ0n) is 12.9. The zero-order valence-corrected chi connectivity index (χ0v) is 13.7. The number of aromatic nitrogens is 2. The van der Waals surface area contributed by atoms with Crippen molar-refractivity contribution in [1.29, 1.82) is 0 Å². The van der Waals surface area contributed by atoms with Crippen LogP contribution in [0.2, 0.25) is 5.02 Å². The van der Waals surface area contributed by atoms with Crippen molar-refractivity contribution < 1.29 is 4.74 Å². The largest absolute Gasteiger partial charge is 0.380 e. The van der Waals surface area contributed by atoms with E-state index in [1.807, 2.05) is 42.5 Å². The Morgan fingerprint density at radius 3 is 2.83 bits per heavy atom. The van der Waals surface area contributed by atoms with Crippen molar-refractivity contribution in [1.82, 2.24) is 9.97 Å². The lowest BCUT2D eigenvalue weighted by atomic mass is 10.1. The first-order valence-electron chi connectivity index (χ1n) is 7.48. The van der Waals surface area contributed by atoms with Gasteiger partial charge in [-0.1, -0.05) is 29.8 Å². The van der Waals surface area contributed by atoms with Gasteiger partial charge in [0.2, 0.25) is 0 Å². The topological polar surface area (TPSA) is 47.0 Å². The van der Waals surface area contributed by atoms with Gasteiger partial charge in [-0.05, 0) is 41.8 Å². The van der Waals surface area contributed by atoms with Gasteiger partial charge in [-0.2, -0.15) is 0 Å². The van der Waals surface area contributed by atoms with E-state index in [1.54, 1.807) is 13.4 Å². The molecule has 0 aliphatic heterocycles. The number of halogens is 1. The molecule has 3 rings (SSSR count). The minimum absolute atomic E-state index is 0.586. The number of hydrogen-bond acceptors (Lipinski definition) is 4. The summed E-state index contributed by atoms with van der Waals surface area (Å²) < 4.78 is 5.25. The Balaban J connectivity index is 1.73. The number of anilines is 1. The third-order valence-corrected chi connectivity index (χ3v) is 3.93. The van der Waals surface area contributed by atoms with Crippen molar-refractivity contribution in [3.63, 3.8) is 0 Å². The maximum Gasteiger partial charge on any atom is 0.137 e. The third-order valence-electron chi connectivity index (χ3n) is 3.70. The molecule has 0 saturated heterocycles. The number of ether oxygens (including phenoxy) is 1. The normalized spacial score (nSPS) is 10.9. The van der Waals surface area contributed by atoms with Crippen LogP contribution in [-0.2, 0) is 17.8 Å². The van der Waals surface area contributed by atoms with Gasteiger partial charge in [0.15, 0.2) is 0 Å². The summed E-state index contributed by atoms with van der Waals surface area (Å²) in [6.07, 6.45) is 2.43. The number of nitrogens with one attached hydrogen (secondary N) is 1. The number of nitrogens with zero attached hydrogens (tertiary/aromatic N) is 2. The summed E-state index contributed by atoms with van der Waals surface area (Å²) in [5.41, 5.74) is 3.28. The fourth-order valence-electron chi connectivity index (χ4n) is 2.58. The monoisotopic (exact) mass is 327 g/mol. The lowest BCUT2D eigenvalue weighted by Gasteiger charge is -2.11. The van der Waals surface area contributed by atoms with Crippen LogP contribution >= 0.6 is 11.6 Å². The number of para-hydroxylation sites is 1. The quantitative estimate of drug-likeness (QED) is 0.741. The summed E-state index contributed by atoms with van der Waals surface area (Å²) in [6, 6.07) is 13.9. The summed E-state index contributed by atoms with van der Waals surface area (Å²) in [5.74, 6) is 0.853. The number of rotatable bonds is 6. The van der Waals surface area contributed by atoms with Crippen molar-refractivity contribution in [3.8, 4) is 0 Å². The Hall–Kier alpha value is -2.17. The standard InChI is InChI=1S/C18H18ClN3O/c1-23-11-14-6-7-15(19)10-13(14)8-9-20-18-16-4-2-3-5-17(16)21-12-22-18/h2-7,10,12H,8-9,11H2,1H3,(H,20,21,22). The Morgan fingerprint density at radius 2 is 1.96 bits per heavy atom. The molecule has 4 nitrogen and oxygen atoms in total. The van der Waals surface area contributed by atoms with E-state index in [1.165, 1.54) is 5.56 Å². The molecule has 23 heavy (non-hydrogen) atoms. The van der Waals surface area contributed by atoms with Gasteiger partial charge in [0.1, 0.15) is 12.1 Å². The van der Waals surface area contributed by atoms with Crippen LogP contribution in [0.25, 0.3) is 10.9 Å². The maximum absolute atomic E-state index is 6.11. The second-order valence-corrected chi connectivity index (χ2v) is 5.70. The molecule has 0 unspecified atom stereocenters. The maximum atomic E-state index is 6.11. The molecule has 3 aromatic rings. The molecule has 1 heterocycles. The minimum atomic E-state index is 0.586. The Morgan fingerprint density at radius 1 is 1.09 bits per heavy atom. The summed E-state index contributed by atoms with van der Waals surface area (Å²) >= 11 is 6.11. The smallest absolute Gasteiger partial charge is 0.137 e. The van der Waals surface area contributed by atoms with Crippen molar-refractivity contribution >= 4 is 28.3 Å². The van der Waals surface area contributed by atoms with Crippen LogP contribution in [0.15, 0.2) is 48.8 Å². The van der Waals surface area contributed by atoms with Gasteiger partial charge in [-0.25, -0.2) is 9.97 Å². The predicted molar refractivity (Wildman–Crippen MR) is 93.9 cm³/mol. The lowest BCUT2D eigenvalue weighted by Crippen LogP contribution is -2.09. The molecule has 0 radical (unpaired) electrons. The third kappa shape index (κ3) is 3.78. The summed E-state index contributed by atoms with van der Waals surface area (Å²) in [4.78, 5) is 8.61. The highest BCUT2D eigenvalue weighted by atomic mass is 35.5. The van der Waals surface area contributed by atoms with Crippen LogP contribution in [0.1, 0.15) is 11.1 Å². The molecule has 0 atom stereocenters. The molecular weight excluding hydrogens is 310 g/mol. The van der Waals surface area contributed by atoms with Crippen molar-refractivity contribution in [3.05, 3.63) is 64.9 Å². The van der Waals surface area contributed by atoms with E-state index in [2.05, 4.69) is 15.3 Å². The molecule has 1 aromatic heterocycles. The van der Waals surface area contributed by atoms with Crippen LogP contribution in [0, 0.1) is 0 Å². The first-order chi connectivity index (χ1) is 11.3. The molecule has 1 N–H and O–H groups in total. The number of benzene rings is 2. The molecule has 0 saturated carbocycles. The molecule has 0 aliphatic rings. The van der Waals surface area contributed by atoms with Gasteiger partial charge < -0.3 is 10.1 Å². The van der Waals surface area contributed by atoms with E-state index in [4.69, 9.17) is 16.3 Å². The molecule has 5 heteroatoms. The van der Waals surface area contributed by atoms with Crippen LogP contribution in [0.5, 0.6) is 0 Å². The molecule has 0 fully saturated rings. The van der Waals surface area contributed by atoms with Gasteiger partial charge in [-0.3, -0.25) is 0 Å². The first-order valence-corrected chi connectivity index (χ1v) is 7.85. The molecule has 0 bridgehead atoms. The van der Waals surface area contributed by atoms with Crippen molar-refractivity contribution in [2.75, 3.05) is 19.0 Å². The van der Waals surface area contributed by atoms with E-state index in [9.17, 15) is 0 Å². The van der Waals surface area contributed by atoms with E-state index in [0.717, 1.165) is 40.3 Å². The van der Waals surface area contributed by atoms with Gasteiger partial charge >= 0.3 is 0 Å². The highest BCUT2D eigenvalue weighted by Crippen LogP contribution is 2.20. The fraction of sp³-hybridized carbons (Fsp3) is 0.222. The second-order valence-electron chi connectivity index (χ2n) is 5.26. The summed E-state index contributed by atoms with van der Waals surface area (Å²) in [5, 5.41) is 5.16. The van der Waals surface area contributed by atoms with Gasteiger partial charge in [0.25, 0.3) is 0 Å². The minimum Gasteiger partial charge on any atom is -0.380 e. The van der Waals surface area contributed by atoms with E-state index in [0.29, 0.717) is 6.61 Å². The van der Waals surface area contributed by atoms with Crippen LogP contribution < -0.4 is 5.32 Å². The highest BCUT2D eigenvalue weighted by Gasteiger charge is 2.05. The Bertz CT molecular complexity index is 802. The highest BCUT2D eigenvalue weighted by molar-refractivity contribution is 6.30. The Labute approximate surface area is 140 Å². The van der Waals surface area contributed by atoms with Crippen LogP contribution in [-0.4, -0.2) is 23.6 Å². The molecule has 118 valence electrons. The number of methoxy groups -OCH3 is 1. The molecule has 2 aromatic carbocycles. The average molecular weight is 328 g/mol. The van der Waals surface area contributed by atoms with Crippen molar-refractivity contribution in [2.45, 2.75) is 13.0 Å². The SMILES string of the molecule is COCc1ccc(Cl)cc1CCNc1ncnc2ccccc12. The number of fused-ring (bicyclic) bond motifs is 1. The van der Waals surface area contributed by atoms with Gasteiger partial charge in [0, 0.05) is 24.1 Å². The van der Waals surface area contributed by atoms with Crippen molar-refractivity contribution in [2.24, 2.45) is 0 Å². The number of hydrogen-bond donors (Lipinski definition) is 1. The van der Waals surface area contributed by atoms with E-state index < -0.39 is 0 Å². The van der Waals surface area contributed by atoms with E-state index >= 15 is 0 Å². The lowest BCUT2D eigenvalue weighted by molar-refractivity contribution is 0.184. The van der Waals surface area contributed by atoms with Crippen LogP contribution in [0.3, 0.4) is 0 Å². The van der Waals surface area contributed by atoms with Gasteiger partial charge in [0.05, 0.1) is 12.1 Å². The van der Waals surface area contributed by atoms with E-state index in [-0.39, 0.29) is 0 Å². The molecule has 0 amide bonds. The zero-order chi connectivity index (χ0) is 16.1.